The van der Waals surface area contributed by atoms with Crippen molar-refractivity contribution in [3.05, 3.63) is 36.4 Å². The molecule has 2 aromatic rings. The number of piperidine rings is 1. The summed E-state index contributed by atoms with van der Waals surface area (Å²) in [5.41, 5.74) is 2.19. The van der Waals surface area contributed by atoms with Gasteiger partial charge < -0.3 is 14.7 Å². The second-order valence-corrected chi connectivity index (χ2v) is 8.93. The van der Waals surface area contributed by atoms with Crippen LogP contribution in [0.15, 0.2) is 46.4 Å². The Hall–Kier alpha value is -2.96. The monoisotopic (exact) mass is 418 g/mol. The minimum atomic E-state index is 0.133. The number of carbonyl (C=O) groups is 1. The minimum absolute atomic E-state index is 0.133. The van der Waals surface area contributed by atoms with Gasteiger partial charge in [0.05, 0.1) is 24.3 Å². The first kappa shape index (κ1) is 20.0. The zero-order valence-electron chi connectivity index (χ0n) is 18.4. The third-order valence-electron chi connectivity index (χ3n) is 6.63. The second-order valence-electron chi connectivity index (χ2n) is 8.93. The van der Waals surface area contributed by atoms with Gasteiger partial charge >= 0.3 is 0 Å². The third-order valence-corrected chi connectivity index (χ3v) is 6.63. The number of aromatic nitrogens is 1. The highest BCUT2D eigenvalue weighted by molar-refractivity contribution is 6.42. The first-order valence-corrected chi connectivity index (χ1v) is 11.3. The van der Waals surface area contributed by atoms with Crippen LogP contribution in [0.4, 0.5) is 5.82 Å². The van der Waals surface area contributed by atoms with E-state index in [-0.39, 0.29) is 11.8 Å². The van der Waals surface area contributed by atoms with Crippen molar-refractivity contribution in [2.24, 2.45) is 21.8 Å². The van der Waals surface area contributed by atoms with Crippen molar-refractivity contribution in [3.63, 3.8) is 0 Å². The predicted molar refractivity (Wildman–Crippen MR) is 125 cm³/mol. The number of para-hydroxylation sites is 1. The SMILES string of the molecule is CN(C)C(=O)C1CCN(C2=NCCN=C2C2CN(c3ccc4ccccc4n3)C2)CC1. The van der Waals surface area contributed by atoms with E-state index >= 15 is 0 Å². The van der Waals surface area contributed by atoms with Crippen LogP contribution in [0.1, 0.15) is 12.8 Å². The van der Waals surface area contributed by atoms with Gasteiger partial charge in [0.2, 0.25) is 5.91 Å². The number of hydrogen-bond donors (Lipinski definition) is 0. The number of carbonyl (C=O) groups excluding carboxylic acids is 1. The summed E-state index contributed by atoms with van der Waals surface area (Å²) in [6.07, 6.45) is 1.78. The Kier molecular flexibility index (Phi) is 5.34. The average Bonchev–Trinajstić information content (AvgIpc) is 2.78. The Balaban J connectivity index is 1.23. The van der Waals surface area contributed by atoms with E-state index in [1.54, 1.807) is 4.90 Å². The van der Waals surface area contributed by atoms with Crippen molar-refractivity contribution in [1.29, 1.82) is 0 Å². The fourth-order valence-electron chi connectivity index (χ4n) is 4.83. The van der Waals surface area contributed by atoms with Gasteiger partial charge in [0, 0.05) is 57.5 Å². The summed E-state index contributed by atoms with van der Waals surface area (Å²) in [4.78, 5) is 33.3. The van der Waals surface area contributed by atoms with E-state index in [2.05, 4.69) is 34.1 Å². The van der Waals surface area contributed by atoms with Gasteiger partial charge in [-0.1, -0.05) is 18.2 Å². The number of likely N-dealkylation sites (tertiary alicyclic amines) is 1. The number of amides is 1. The van der Waals surface area contributed by atoms with E-state index in [9.17, 15) is 4.79 Å². The molecule has 1 aromatic heterocycles. The van der Waals surface area contributed by atoms with E-state index < -0.39 is 0 Å². The van der Waals surface area contributed by atoms with E-state index in [1.807, 2.05) is 26.2 Å². The fraction of sp³-hybridized carbons (Fsp3) is 0.500. The molecule has 0 atom stereocenters. The number of nitrogens with zero attached hydrogens (tertiary/aromatic N) is 6. The molecule has 0 spiro atoms. The van der Waals surface area contributed by atoms with Crippen molar-refractivity contribution in [2.75, 3.05) is 58.3 Å². The van der Waals surface area contributed by atoms with Crippen LogP contribution in [-0.2, 0) is 4.79 Å². The normalized spacial score (nSPS) is 20.3. The van der Waals surface area contributed by atoms with Crippen LogP contribution in [0.3, 0.4) is 0 Å². The molecular formula is C24H30N6O. The van der Waals surface area contributed by atoms with Crippen molar-refractivity contribution < 1.29 is 4.79 Å². The lowest BCUT2D eigenvalue weighted by Crippen LogP contribution is -2.56. The van der Waals surface area contributed by atoms with Gasteiger partial charge in [0.1, 0.15) is 11.7 Å². The zero-order chi connectivity index (χ0) is 21.4. The lowest BCUT2D eigenvalue weighted by atomic mass is 9.90. The molecule has 2 saturated heterocycles. The molecule has 7 nitrogen and oxygen atoms in total. The summed E-state index contributed by atoms with van der Waals surface area (Å²) in [5, 5.41) is 1.17. The van der Waals surface area contributed by atoms with Gasteiger partial charge in [0.25, 0.3) is 0 Å². The van der Waals surface area contributed by atoms with Crippen molar-refractivity contribution in [2.45, 2.75) is 12.8 Å². The molecule has 2 fully saturated rings. The number of pyridine rings is 1. The lowest BCUT2D eigenvalue weighted by molar-refractivity contribution is -0.134. The molecule has 0 N–H and O–H groups in total. The van der Waals surface area contributed by atoms with Crippen LogP contribution in [0.2, 0.25) is 0 Å². The number of anilines is 1. The molecule has 4 heterocycles. The van der Waals surface area contributed by atoms with Crippen LogP contribution in [0.25, 0.3) is 10.9 Å². The van der Waals surface area contributed by atoms with Crippen LogP contribution >= 0.6 is 0 Å². The van der Waals surface area contributed by atoms with Gasteiger partial charge in [-0.15, -0.1) is 0 Å². The summed E-state index contributed by atoms with van der Waals surface area (Å²) < 4.78 is 0. The van der Waals surface area contributed by atoms with Crippen LogP contribution in [-0.4, -0.2) is 85.6 Å². The van der Waals surface area contributed by atoms with Gasteiger partial charge in [-0.25, -0.2) is 4.98 Å². The molecule has 3 aliphatic rings. The van der Waals surface area contributed by atoms with Gasteiger partial charge in [-0.05, 0) is 31.0 Å². The van der Waals surface area contributed by atoms with Gasteiger partial charge in [0.15, 0.2) is 0 Å². The lowest BCUT2D eigenvalue weighted by Gasteiger charge is -2.43. The summed E-state index contributed by atoms with van der Waals surface area (Å²) in [6.45, 7) is 5.16. The van der Waals surface area contributed by atoms with Crippen molar-refractivity contribution in [3.8, 4) is 0 Å². The van der Waals surface area contributed by atoms with Gasteiger partial charge in [-0.2, -0.15) is 0 Å². The molecule has 162 valence electrons. The maximum absolute atomic E-state index is 12.3. The molecule has 1 aromatic carbocycles. The first-order valence-electron chi connectivity index (χ1n) is 11.3. The molecule has 0 aliphatic carbocycles. The molecular weight excluding hydrogens is 388 g/mol. The number of rotatable bonds is 3. The topological polar surface area (TPSA) is 64.4 Å². The Morgan fingerprint density at radius 2 is 1.71 bits per heavy atom. The molecule has 0 bridgehead atoms. The van der Waals surface area contributed by atoms with E-state index in [0.29, 0.717) is 5.92 Å². The molecule has 0 radical (unpaired) electrons. The number of benzene rings is 1. The van der Waals surface area contributed by atoms with Crippen molar-refractivity contribution >= 4 is 34.2 Å². The highest BCUT2D eigenvalue weighted by Gasteiger charge is 2.37. The summed E-state index contributed by atoms with van der Waals surface area (Å²) >= 11 is 0. The maximum Gasteiger partial charge on any atom is 0.225 e. The molecule has 0 saturated carbocycles. The smallest absolute Gasteiger partial charge is 0.225 e. The van der Waals surface area contributed by atoms with Crippen LogP contribution in [0, 0.1) is 11.8 Å². The Morgan fingerprint density at radius 1 is 0.968 bits per heavy atom. The first-order chi connectivity index (χ1) is 15.1. The third kappa shape index (κ3) is 3.89. The molecule has 3 aliphatic heterocycles. The molecule has 31 heavy (non-hydrogen) atoms. The zero-order valence-corrected chi connectivity index (χ0v) is 18.4. The molecule has 7 heteroatoms. The predicted octanol–water partition coefficient (Wildman–Crippen LogP) is 2.32. The van der Waals surface area contributed by atoms with Crippen molar-refractivity contribution in [1.82, 2.24) is 14.8 Å². The maximum atomic E-state index is 12.3. The molecule has 1 amide bonds. The number of fused-ring (bicyclic) bond motifs is 1. The highest BCUT2D eigenvalue weighted by atomic mass is 16.2. The Labute approximate surface area is 183 Å². The van der Waals surface area contributed by atoms with Gasteiger partial charge in [-0.3, -0.25) is 14.8 Å². The quantitative estimate of drug-likeness (QED) is 0.768. The molecule has 5 rings (SSSR count). The second kappa shape index (κ2) is 8.29. The highest BCUT2D eigenvalue weighted by Crippen LogP contribution is 2.28. The summed E-state index contributed by atoms with van der Waals surface area (Å²) in [6, 6.07) is 12.5. The fourth-order valence-corrected chi connectivity index (χ4v) is 4.83. The van der Waals surface area contributed by atoms with E-state index in [1.165, 1.54) is 5.39 Å². The minimum Gasteiger partial charge on any atom is -0.355 e. The largest absolute Gasteiger partial charge is 0.355 e. The number of aliphatic imine (C=N–C) groups is 2. The number of amidine groups is 1. The van der Waals surface area contributed by atoms with E-state index in [0.717, 1.165) is 75.0 Å². The standard InChI is InChI=1S/C24H30N6O/c1-28(2)24(31)18-9-13-29(14-10-18)23-22(25-11-12-26-23)19-15-30(16-19)21-8-7-17-5-3-4-6-20(17)27-21/h3-8,18-19H,9-16H2,1-2H3. The Bertz CT molecular complexity index is 1030. The summed E-state index contributed by atoms with van der Waals surface area (Å²) in [5.74, 6) is 2.88. The molecule has 0 unspecified atom stereocenters. The Morgan fingerprint density at radius 3 is 2.48 bits per heavy atom. The van der Waals surface area contributed by atoms with E-state index in [4.69, 9.17) is 15.0 Å². The number of hydrogen-bond acceptors (Lipinski definition) is 6. The van der Waals surface area contributed by atoms with Crippen LogP contribution in [0.5, 0.6) is 0 Å². The summed E-state index contributed by atoms with van der Waals surface area (Å²) in [7, 11) is 3.69. The average molecular weight is 419 g/mol. The van der Waals surface area contributed by atoms with Crippen LogP contribution < -0.4 is 4.90 Å².